The van der Waals surface area contributed by atoms with Gasteiger partial charge in [-0.15, -0.1) is 0 Å². The zero-order valence-electron chi connectivity index (χ0n) is 11.0. The van der Waals surface area contributed by atoms with Gasteiger partial charge in [0, 0.05) is 24.9 Å². The van der Waals surface area contributed by atoms with Crippen molar-refractivity contribution in [3.05, 3.63) is 18.2 Å². The van der Waals surface area contributed by atoms with Gasteiger partial charge in [0.25, 0.3) is 0 Å². The Kier molecular flexibility index (Phi) is 2.51. The van der Waals surface area contributed by atoms with E-state index in [1.54, 1.807) is 0 Å². The van der Waals surface area contributed by atoms with Crippen molar-refractivity contribution in [2.75, 3.05) is 6.54 Å². The molecule has 1 aromatic heterocycles. The summed E-state index contributed by atoms with van der Waals surface area (Å²) in [5.74, 6) is 5.16. The average molecular weight is 245 g/mol. The maximum atomic E-state index is 5.71. The summed E-state index contributed by atoms with van der Waals surface area (Å²) >= 11 is 0. The van der Waals surface area contributed by atoms with E-state index in [1.807, 2.05) is 6.20 Å². The molecule has 3 heteroatoms. The first-order valence-corrected chi connectivity index (χ1v) is 7.57. The van der Waals surface area contributed by atoms with Crippen molar-refractivity contribution in [2.24, 2.45) is 29.4 Å². The van der Waals surface area contributed by atoms with Gasteiger partial charge in [-0.3, -0.25) is 0 Å². The smallest absolute Gasteiger partial charge is 0.110 e. The van der Waals surface area contributed by atoms with E-state index in [4.69, 9.17) is 5.73 Å². The molecule has 5 rings (SSSR count). The third kappa shape index (κ3) is 1.56. The van der Waals surface area contributed by atoms with Gasteiger partial charge in [-0.1, -0.05) is 0 Å². The van der Waals surface area contributed by atoms with Crippen LogP contribution in [0.3, 0.4) is 0 Å². The van der Waals surface area contributed by atoms with Gasteiger partial charge in [-0.2, -0.15) is 0 Å². The lowest BCUT2D eigenvalue weighted by molar-refractivity contribution is -0.0300. The lowest BCUT2D eigenvalue weighted by atomic mass is 9.54. The standard InChI is InChI=1S/C15H23N3/c16-2-1-14-17-3-4-18(14)15-12-6-10-5-11(8-12)9-13(15)7-10/h3-4,10-13,15H,1-2,5-9,16H2. The van der Waals surface area contributed by atoms with Crippen LogP contribution < -0.4 is 5.73 Å². The molecule has 4 fully saturated rings. The summed E-state index contributed by atoms with van der Waals surface area (Å²) in [6.07, 6.45) is 12.5. The minimum Gasteiger partial charge on any atom is -0.331 e. The van der Waals surface area contributed by atoms with Crippen molar-refractivity contribution in [3.8, 4) is 0 Å². The highest BCUT2D eigenvalue weighted by Gasteiger charge is 2.49. The topological polar surface area (TPSA) is 43.8 Å². The minimum atomic E-state index is 0.713. The Morgan fingerprint density at radius 1 is 1.11 bits per heavy atom. The maximum absolute atomic E-state index is 5.71. The summed E-state index contributed by atoms with van der Waals surface area (Å²) in [5.41, 5.74) is 5.71. The van der Waals surface area contributed by atoms with E-state index in [1.165, 1.54) is 37.9 Å². The first kappa shape index (κ1) is 11.0. The second kappa shape index (κ2) is 4.09. The van der Waals surface area contributed by atoms with Crippen molar-refractivity contribution < 1.29 is 0 Å². The van der Waals surface area contributed by atoms with Crippen molar-refractivity contribution in [1.29, 1.82) is 0 Å². The van der Waals surface area contributed by atoms with E-state index < -0.39 is 0 Å². The van der Waals surface area contributed by atoms with Gasteiger partial charge < -0.3 is 10.3 Å². The van der Waals surface area contributed by atoms with E-state index in [9.17, 15) is 0 Å². The van der Waals surface area contributed by atoms with Crippen molar-refractivity contribution in [1.82, 2.24) is 9.55 Å². The molecule has 4 aliphatic carbocycles. The molecular formula is C15H23N3. The molecular weight excluding hydrogens is 222 g/mol. The van der Waals surface area contributed by atoms with Crippen LogP contribution >= 0.6 is 0 Å². The fourth-order valence-electron chi connectivity index (χ4n) is 5.29. The van der Waals surface area contributed by atoms with Crippen LogP contribution in [0.4, 0.5) is 0 Å². The number of aromatic nitrogens is 2. The number of nitrogens with zero attached hydrogens (tertiary/aromatic N) is 2. The lowest BCUT2D eigenvalue weighted by Gasteiger charge is -2.54. The van der Waals surface area contributed by atoms with Crippen LogP contribution in [0.5, 0.6) is 0 Å². The summed E-state index contributed by atoms with van der Waals surface area (Å²) in [7, 11) is 0. The SMILES string of the molecule is NCCc1nccn1C1C2CC3CC(C2)CC1C3. The van der Waals surface area contributed by atoms with Crippen LogP contribution in [-0.2, 0) is 6.42 Å². The van der Waals surface area contributed by atoms with Gasteiger partial charge in [0.1, 0.15) is 5.82 Å². The molecule has 4 saturated carbocycles. The molecule has 3 nitrogen and oxygen atoms in total. The number of imidazole rings is 1. The zero-order chi connectivity index (χ0) is 12.1. The predicted octanol–water partition coefficient (Wildman–Crippen LogP) is 2.38. The Labute approximate surface area is 109 Å². The predicted molar refractivity (Wildman–Crippen MR) is 71.1 cm³/mol. The molecule has 0 saturated heterocycles. The molecule has 2 N–H and O–H groups in total. The molecule has 18 heavy (non-hydrogen) atoms. The quantitative estimate of drug-likeness (QED) is 0.888. The van der Waals surface area contributed by atoms with Crippen LogP contribution in [0.15, 0.2) is 12.4 Å². The minimum absolute atomic E-state index is 0.713. The molecule has 4 aliphatic rings. The molecule has 0 spiro atoms. The number of hydrogen-bond donors (Lipinski definition) is 1. The summed E-state index contributed by atoms with van der Waals surface area (Å²) in [6, 6.07) is 0.738. The molecule has 1 heterocycles. The first-order valence-electron chi connectivity index (χ1n) is 7.57. The van der Waals surface area contributed by atoms with E-state index >= 15 is 0 Å². The van der Waals surface area contributed by atoms with Gasteiger partial charge >= 0.3 is 0 Å². The normalized spacial score (nSPS) is 41.5. The third-order valence-corrected chi connectivity index (χ3v) is 5.61. The second-order valence-corrected chi connectivity index (χ2v) is 6.71. The number of nitrogens with two attached hydrogens (primary N) is 1. The first-order chi connectivity index (χ1) is 8.85. The third-order valence-electron chi connectivity index (χ3n) is 5.61. The highest BCUT2D eigenvalue weighted by Crippen LogP contribution is 2.58. The van der Waals surface area contributed by atoms with Crippen LogP contribution in [-0.4, -0.2) is 16.1 Å². The maximum Gasteiger partial charge on any atom is 0.110 e. The van der Waals surface area contributed by atoms with Gasteiger partial charge in [-0.25, -0.2) is 4.98 Å². The Bertz CT molecular complexity index is 409. The van der Waals surface area contributed by atoms with Gasteiger partial charge in [0.15, 0.2) is 0 Å². The van der Waals surface area contributed by atoms with Crippen molar-refractivity contribution >= 4 is 0 Å². The van der Waals surface area contributed by atoms with Crippen molar-refractivity contribution in [3.63, 3.8) is 0 Å². The zero-order valence-corrected chi connectivity index (χ0v) is 11.0. The van der Waals surface area contributed by atoms with Gasteiger partial charge in [0.2, 0.25) is 0 Å². The Hall–Kier alpha value is -0.830. The number of rotatable bonds is 3. The highest BCUT2D eigenvalue weighted by molar-refractivity contribution is 5.05. The van der Waals surface area contributed by atoms with Crippen LogP contribution in [0, 0.1) is 23.7 Å². The van der Waals surface area contributed by atoms with E-state index in [0.29, 0.717) is 6.54 Å². The Balaban J connectivity index is 1.66. The Morgan fingerprint density at radius 2 is 1.78 bits per heavy atom. The molecule has 0 unspecified atom stereocenters. The van der Waals surface area contributed by atoms with Crippen LogP contribution in [0.2, 0.25) is 0 Å². The monoisotopic (exact) mass is 245 g/mol. The molecule has 0 aliphatic heterocycles. The molecule has 4 bridgehead atoms. The fraction of sp³-hybridized carbons (Fsp3) is 0.800. The van der Waals surface area contributed by atoms with Crippen molar-refractivity contribution in [2.45, 2.75) is 44.6 Å². The lowest BCUT2D eigenvalue weighted by Crippen LogP contribution is -2.46. The summed E-state index contributed by atoms with van der Waals surface area (Å²) in [6.45, 7) is 0.713. The molecule has 0 aromatic carbocycles. The highest BCUT2D eigenvalue weighted by atomic mass is 15.1. The average Bonchev–Trinajstić information content (AvgIpc) is 2.76. The second-order valence-electron chi connectivity index (χ2n) is 6.71. The van der Waals surface area contributed by atoms with Crippen LogP contribution in [0.1, 0.15) is 44.0 Å². The van der Waals surface area contributed by atoms with Gasteiger partial charge in [0.05, 0.1) is 0 Å². The summed E-state index contributed by atoms with van der Waals surface area (Å²) < 4.78 is 2.49. The number of hydrogen-bond acceptors (Lipinski definition) is 2. The van der Waals surface area contributed by atoms with E-state index in [-0.39, 0.29) is 0 Å². The molecule has 1 aromatic rings. The van der Waals surface area contributed by atoms with E-state index in [0.717, 1.165) is 36.1 Å². The summed E-state index contributed by atoms with van der Waals surface area (Å²) in [4.78, 5) is 4.52. The van der Waals surface area contributed by atoms with E-state index in [2.05, 4.69) is 15.7 Å². The molecule has 98 valence electrons. The molecule has 0 amide bonds. The van der Waals surface area contributed by atoms with Crippen LogP contribution in [0.25, 0.3) is 0 Å². The Morgan fingerprint density at radius 3 is 2.39 bits per heavy atom. The largest absolute Gasteiger partial charge is 0.331 e. The molecule has 0 radical (unpaired) electrons. The van der Waals surface area contributed by atoms with Gasteiger partial charge in [-0.05, 0) is 62.3 Å². The fourth-order valence-corrected chi connectivity index (χ4v) is 5.29. The molecule has 0 atom stereocenters. The summed E-state index contributed by atoms with van der Waals surface area (Å²) in [5, 5.41) is 0.